The predicted octanol–water partition coefficient (Wildman–Crippen LogP) is 4.19. The zero-order valence-corrected chi connectivity index (χ0v) is 13.8. The average Bonchev–Trinajstić information content (AvgIpc) is 3.18. The molecule has 0 aliphatic rings. The fourth-order valence-electron chi connectivity index (χ4n) is 2.36. The third-order valence-corrected chi connectivity index (χ3v) is 3.69. The van der Waals surface area contributed by atoms with E-state index in [1.165, 1.54) is 0 Å². The maximum atomic E-state index is 12.3. The first-order valence-electron chi connectivity index (χ1n) is 7.93. The maximum absolute atomic E-state index is 12.3. The monoisotopic (exact) mass is 337 g/mol. The van der Waals surface area contributed by atoms with Crippen LogP contribution >= 0.6 is 0 Å². The Bertz CT molecular complexity index is 782. The molecule has 128 valence electrons. The summed E-state index contributed by atoms with van der Waals surface area (Å²) in [6, 6.07) is 20.1. The van der Waals surface area contributed by atoms with Gasteiger partial charge in [0.25, 0.3) is 5.91 Å². The van der Waals surface area contributed by atoms with Gasteiger partial charge in [-0.15, -0.1) is 0 Å². The van der Waals surface area contributed by atoms with Crippen molar-refractivity contribution < 1.29 is 18.7 Å². The van der Waals surface area contributed by atoms with E-state index in [0.29, 0.717) is 23.6 Å². The molecule has 0 bridgehead atoms. The summed E-state index contributed by atoms with van der Waals surface area (Å²) < 4.78 is 16.4. The lowest BCUT2D eigenvalue weighted by Gasteiger charge is -2.14. The molecular weight excluding hydrogens is 318 g/mol. The summed E-state index contributed by atoms with van der Waals surface area (Å²) in [4.78, 5) is 12.3. The maximum Gasteiger partial charge on any atom is 0.251 e. The molecule has 1 atom stereocenters. The number of carbonyl (C=O) groups excluding carboxylic acids is 1. The van der Waals surface area contributed by atoms with E-state index in [1.807, 2.05) is 36.4 Å². The molecule has 1 heterocycles. The largest absolute Gasteiger partial charge is 0.467 e. The summed E-state index contributed by atoms with van der Waals surface area (Å²) in [5, 5.41) is 2.84. The fourth-order valence-corrected chi connectivity index (χ4v) is 2.36. The van der Waals surface area contributed by atoms with Gasteiger partial charge in [-0.3, -0.25) is 4.79 Å². The van der Waals surface area contributed by atoms with Gasteiger partial charge in [0.05, 0.1) is 12.8 Å². The van der Waals surface area contributed by atoms with Gasteiger partial charge in [0.2, 0.25) is 0 Å². The molecule has 3 aromatic rings. The molecule has 0 radical (unpaired) electrons. The van der Waals surface area contributed by atoms with Crippen molar-refractivity contribution >= 4 is 5.91 Å². The number of furan rings is 1. The number of benzene rings is 2. The Kier molecular flexibility index (Phi) is 5.49. The van der Waals surface area contributed by atoms with Crippen molar-refractivity contribution in [3.8, 4) is 11.5 Å². The standard InChI is InChI=1S/C20H19NO4/c1-23-19(18-8-5-13-24-18)14-21-20(22)15-9-11-17(12-10-15)25-16-6-3-2-4-7-16/h2-13,19H,14H2,1H3,(H,21,22). The normalized spacial score (nSPS) is 11.7. The summed E-state index contributed by atoms with van der Waals surface area (Å²) in [5.74, 6) is 1.92. The minimum atomic E-state index is -0.320. The average molecular weight is 337 g/mol. The van der Waals surface area contributed by atoms with Crippen LogP contribution < -0.4 is 10.1 Å². The van der Waals surface area contributed by atoms with E-state index in [0.717, 1.165) is 5.75 Å². The van der Waals surface area contributed by atoms with E-state index >= 15 is 0 Å². The first-order chi connectivity index (χ1) is 12.3. The van der Waals surface area contributed by atoms with Crippen LogP contribution in [-0.2, 0) is 4.74 Å². The van der Waals surface area contributed by atoms with Crippen LogP contribution in [0.5, 0.6) is 11.5 Å². The van der Waals surface area contributed by atoms with Gasteiger partial charge < -0.3 is 19.2 Å². The molecule has 0 saturated heterocycles. The van der Waals surface area contributed by atoms with Gasteiger partial charge in [-0.2, -0.15) is 0 Å². The van der Waals surface area contributed by atoms with Crippen LogP contribution in [0.3, 0.4) is 0 Å². The van der Waals surface area contributed by atoms with Gasteiger partial charge >= 0.3 is 0 Å². The van der Waals surface area contributed by atoms with Crippen LogP contribution in [0.4, 0.5) is 0 Å². The first-order valence-corrected chi connectivity index (χ1v) is 7.93. The van der Waals surface area contributed by atoms with Crippen LogP contribution in [0.1, 0.15) is 22.2 Å². The minimum Gasteiger partial charge on any atom is -0.467 e. The zero-order chi connectivity index (χ0) is 17.5. The number of rotatable bonds is 7. The Labute approximate surface area is 146 Å². The topological polar surface area (TPSA) is 60.7 Å². The summed E-state index contributed by atoms with van der Waals surface area (Å²) in [6.07, 6.45) is 1.26. The second kappa shape index (κ2) is 8.17. The molecule has 5 heteroatoms. The van der Waals surface area contributed by atoms with Crippen molar-refractivity contribution in [2.45, 2.75) is 6.10 Å². The SMILES string of the molecule is COC(CNC(=O)c1ccc(Oc2ccccc2)cc1)c1ccco1. The highest BCUT2D eigenvalue weighted by atomic mass is 16.5. The van der Waals surface area contributed by atoms with Crippen molar-refractivity contribution in [2.24, 2.45) is 0 Å². The molecular formula is C20H19NO4. The lowest BCUT2D eigenvalue weighted by Crippen LogP contribution is -2.28. The molecule has 1 aromatic heterocycles. The third kappa shape index (κ3) is 4.49. The van der Waals surface area contributed by atoms with Crippen LogP contribution in [0.25, 0.3) is 0 Å². The number of hydrogen-bond acceptors (Lipinski definition) is 4. The number of ether oxygens (including phenoxy) is 2. The molecule has 3 rings (SSSR count). The third-order valence-electron chi connectivity index (χ3n) is 3.69. The second-order valence-corrected chi connectivity index (χ2v) is 5.39. The van der Waals surface area contributed by atoms with E-state index in [-0.39, 0.29) is 12.0 Å². The van der Waals surface area contributed by atoms with E-state index in [1.54, 1.807) is 43.7 Å². The van der Waals surface area contributed by atoms with Crippen molar-refractivity contribution in [1.29, 1.82) is 0 Å². The highest BCUT2D eigenvalue weighted by molar-refractivity contribution is 5.94. The quantitative estimate of drug-likeness (QED) is 0.702. The molecule has 0 aliphatic carbocycles. The Morgan fingerprint density at radius 3 is 2.36 bits per heavy atom. The summed E-state index contributed by atoms with van der Waals surface area (Å²) in [5.41, 5.74) is 0.551. The molecule has 1 amide bonds. The molecule has 0 aliphatic heterocycles. The van der Waals surface area contributed by atoms with E-state index in [2.05, 4.69) is 5.32 Å². The van der Waals surface area contributed by atoms with Crippen LogP contribution in [0.2, 0.25) is 0 Å². The Morgan fingerprint density at radius 1 is 1.00 bits per heavy atom. The van der Waals surface area contributed by atoms with Crippen LogP contribution in [-0.4, -0.2) is 19.6 Å². The Morgan fingerprint density at radius 2 is 1.72 bits per heavy atom. The van der Waals surface area contributed by atoms with Gasteiger partial charge in [-0.05, 0) is 48.5 Å². The van der Waals surface area contributed by atoms with Gasteiger partial charge in [0.15, 0.2) is 0 Å². The molecule has 5 nitrogen and oxygen atoms in total. The molecule has 1 N–H and O–H groups in total. The molecule has 0 fully saturated rings. The van der Waals surface area contributed by atoms with Crippen molar-refractivity contribution in [2.75, 3.05) is 13.7 Å². The van der Waals surface area contributed by atoms with Gasteiger partial charge in [0, 0.05) is 12.7 Å². The number of amides is 1. The highest BCUT2D eigenvalue weighted by Crippen LogP contribution is 2.21. The number of carbonyl (C=O) groups is 1. The molecule has 0 saturated carbocycles. The fraction of sp³-hybridized carbons (Fsp3) is 0.150. The Balaban J connectivity index is 1.57. The number of nitrogens with one attached hydrogen (secondary N) is 1. The van der Waals surface area contributed by atoms with Gasteiger partial charge in [0.1, 0.15) is 23.4 Å². The lowest BCUT2D eigenvalue weighted by molar-refractivity contribution is 0.0738. The van der Waals surface area contributed by atoms with Crippen molar-refractivity contribution in [3.05, 3.63) is 84.3 Å². The minimum absolute atomic E-state index is 0.181. The number of methoxy groups -OCH3 is 1. The molecule has 1 unspecified atom stereocenters. The predicted molar refractivity (Wildman–Crippen MR) is 93.7 cm³/mol. The first kappa shape index (κ1) is 16.8. The smallest absolute Gasteiger partial charge is 0.251 e. The molecule has 25 heavy (non-hydrogen) atoms. The lowest BCUT2D eigenvalue weighted by atomic mass is 10.2. The Hall–Kier alpha value is -3.05. The van der Waals surface area contributed by atoms with E-state index in [4.69, 9.17) is 13.9 Å². The molecule has 0 spiro atoms. The second-order valence-electron chi connectivity index (χ2n) is 5.39. The number of hydrogen-bond donors (Lipinski definition) is 1. The van der Waals surface area contributed by atoms with E-state index < -0.39 is 0 Å². The summed E-state index contributed by atoms with van der Waals surface area (Å²) in [7, 11) is 1.58. The van der Waals surface area contributed by atoms with E-state index in [9.17, 15) is 4.79 Å². The number of para-hydroxylation sites is 1. The molecule has 2 aromatic carbocycles. The zero-order valence-electron chi connectivity index (χ0n) is 13.8. The van der Waals surface area contributed by atoms with Crippen LogP contribution in [0.15, 0.2) is 77.4 Å². The summed E-state index contributed by atoms with van der Waals surface area (Å²) in [6.45, 7) is 0.325. The summed E-state index contributed by atoms with van der Waals surface area (Å²) >= 11 is 0. The van der Waals surface area contributed by atoms with Crippen molar-refractivity contribution in [3.63, 3.8) is 0 Å². The highest BCUT2D eigenvalue weighted by Gasteiger charge is 2.15. The van der Waals surface area contributed by atoms with Crippen molar-refractivity contribution in [1.82, 2.24) is 5.32 Å². The van der Waals surface area contributed by atoms with Gasteiger partial charge in [-0.25, -0.2) is 0 Å². The van der Waals surface area contributed by atoms with Gasteiger partial charge in [-0.1, -0.05) is 18.2 Å². The van der Waals surface area contributed by atoms with Crippen LogP contribution in [0, 0.1) is 0 Å².